The van der Waals surface area contributed by atoms with E-state index in [1.807, 2.05) is 13.8 Å². The quantitative estimate of drug-likeness (QED) is 0.331. The Hall–Kier alpha value is -3.55. The minimum Gasteiger partial charge on any atom is -0.618 e. The third-order valence-corrected chi connectivity index (χ3v) is 4.22. The molecule has 132 valence electrons. The van der Waals surface area contributed by atoms with E-state index in [9.17, 15) is 15.2 Å². The van der Waals surface area contributed by atoms with Crippen LogP contribution in [0.1, 0.15) is 32.9 Å². The first-order chi connectivity index (χ1) is 12.4. The number of hydrogen-bond donors (Lipinski definition) is 1. The van der Waals surface area contributed by atoms with Crippen LogP contribution in [0.2, 0.25) is 0 Å². The van der Waals surface area contributed by atoms with E-state index in [1.54, 1.807) is 12.1 Å². The van der Waals surface area contributed by atoms with Crippen LogP contribution in [0.3, 0.4) is 0 Å². The van der Waals surface area contributed by atoms with Crippen LogP contribution in [0.25, 0.3) is 11.0 Å². The van der Waals surface area contributed by atoms with Gasteiger partial charge in [0.2, 0.25) is 0 Å². The van der Waals surface area contributed by atoms with Gasteiger partial charge in [-0.15, -0.1) is 0 Å². The van der Waals surface area contributed by atoms with Gasteiger partial charge in [-0.05, 0) is 37.1 Å². The maximum atomic E-state index is 12.7. The lowest BCUT2D eigenvalue weighted by Gasteiger charge is -2.10. The number of nitrogens with zero attached hydrogens (tertiary/aromatic N) is 4. The minimum absolute atomic E-state index is 0.0609. The summed E-state index contributed by atoms with van der Waals surface area (Å²) in [6, 6.07) is 6.43. The maximum Gasteiger partial charge on any atom is 0.305 e. The standard InChI is InChI=1S/C18H17N5O3/c1-11-8-15-16(9-12(11)2)23(26)17(13(3)22(15)25)10-20-21-18(24)14-4-6-19-7-5-14/h4-10H,1-3H3,(H,21,24)/b20-10+. The summed E-state index contributed by atoms with van der Waals surface area (Å²) >= 11 is 0. The first kappa shape index (κ1) is 17.3. The van der Waals surface area contributed by atoms with Crippen LogP contribution in [-0.4, -0.2) is 17.1 Å². The normalized spacial score (nSPS) is 11.2. The van der Waals surface area contributed by atoms with Crippen LogP contribution in [0.15, 0.2) is 41.8 Å². The topological polar surface area (TPSA) is 108 Å². The summed E-state index contributed by atoms with van der Waals surface area (Å²) in [7, 11) is 0. The van der Waals surface area contributed by atoms with Gasteiger partial charge in [0.15, 0.2) is 0 Å². The Morgan fingerprint density at radius 3 is 2.27 bits per heavy atom. The molecule has 1 N–H and O–H groups in total. The predicted molar refractivity (Wildman–Crippen MR) is 95.4 cm³/mol. The summed E-state index contributed by atoms with van der Waals surface area (Å²) in [4.78, 5) is 15.8. The Morgan fingerprint density at radius 2 is 1.65 bits per heavy atom. The van der Waals surface area contributed by atoms with Gasteiger partial charge < -0.3 is 10.4 Å². The Balaban J connectivity index is 1.97. The largest absolute Gasteiger partial charge is 0.618 e. The van der Waals surface area contributed by atoms with Gasteiger partial charge in [0.25, 0.3) is 22.6 Å². The highest BCUT2D eigenvalue weighted by Gasteiger charge is 2.24. The van der Waals surface area contributed by atoms with Crippen molar-refractivity contribution in [1.29, 1.82) is 0 Å². The SMILES string of the molecule is Cc1cc2c(cc1C)[n+]([O-])c(/C=N/NC(=O)c1ccncc1)c(C)[n+]2[O-]. The van der Waals surface area contributed by atoms with Gasteiger partial charge in [-0.3, -0.25) is 9.78 Å². The minimum atomic E-state index is -0.444. The van der Waals surface area contributed by atoms with E-state index in [2.05, 4.69) is 15.5 Å². The summed E-state index contributed by atoms with van der Waals surface area (Å²) in [5.41, 5.74) is 5.33. The van der Waals surface area contributed by atoms with Crippen molar-refractivity contribution in [2.75, 3.05) is 0 Å². The second-order valence-corrected chi connectivity index (χ2v) is 5.92. The molecule has 0 aliphatic rings. The highest BCUT2D eigenvalue weighted by Crippen LogP contribution is 2.15. The summed E-state index contributed by atoms with van der Waals surface area (Å²) < 4.78 is 1.34. The van der Waals surface area contributed by atoms with Gasteiger partial charge in [0.05, 0.1) is 0 Å². The molecule has 0 aliphatic carbocycles. The summed E-state index contributed by atoms with van der Waals surface area (Å²) in [5, 5.41) is 29.0. The Labute approximate surface area is 149 Å². The lowest BCUT2D eigenvalue weighted by molar-refractivity contribution is -0.634. The van der Waals surface area contributed by atoms with E-state index in [0.29, 0.717) is 20.5 Å². The summed E-state index contributed by atoms with van der Waals surface area (Å²) in [6.07, 6.45) is 4.15. The van der Waals surface area contributed by atoms with Crippen molar-refractivity contribution >= 4 is 23.2 Å². The average Bonchev–Trinajstić information content (AvgIpc) is 2.65. The molecule has 0 fully saturated rings. The van der Waals surface area contributed by atoms with Gasteiger partial charge in [-0.25, -0.2) is 5.43 Å². The zero-order chi connectivity index (χ0) is 18.8. The van der Waals surface area contributed by atoms with Gasteiger partial charge in [-0.1, -0.05) is 0 Å². The molecule has 26 heavy (non-hydrogen) atoms. The van der Waals surface area contributed by atoms with Gasteiger partial charge >= 0.3 is 5.69 Å². The molecule has 0 radical (unpaired) electrons. The fraction of sp³-hybridized carbons (Fsp3) is 0.167. The van der Waals surface area contributed by atoms with E-state index in [0.717, 1.165) is 11.1 Å². The number of pyridine rings is 1. The predicted octanol–water partition coefficient (Wildman–Crippen LogP) is 1.19. The van der Waals surface area contributed by atoms with Crippen molar-refractivity contribution in [2.24, 2.45) is 5.10 Å². The molecule has 0 bridgehead atoms. The number of aromatic nitrogens is 3. The van der Waals surface area contributed by atoms with E-state index in [4.69, 9.17) is 0 Å². The number of aryl methyl sites for hydroxylation is 2. The molecule has 0 saturated carbocycles. The summed E-state index contributed by atoms with van der Waals surface area (Å²) in [6.45, 7) is 5.28. The van der Waals surface area contributed by atoms with Crippen LogP contribution in [-0.2, 0) is 0 Å². The lowest BCUT2D eigenvalue weighted by Crippen LogP contribution is -2.45. The zero-order valence-electron chi connectivity index (χ0n) is 14.6. The van der Waals surface area contributed by atoms with Gasteiger partial charge in [-0.2, -0.15) is 14.6 Å². The molecule has 2 aromatic heterocycles. The number of carbonyl (C=O) groups excluding carboxylic acids is 1. The first-order valence-electron chi connectivity index (χ1n) is 7.90. The number of fused-ring (bicyclic) bond motifs is 1. The number of hydrogen-bond acceptors (Lipinski definition) is 5. The molecule has 8 nitrogen and oxygen atoms in total. The van der Waals surface area contributed by atoms with Crippen molar-refractivity contribution in [3.8, 4) is 0 Å². The number of nitrogens with one attached hydrogen (secondary N) is 1. The number of hydrazone groups is 1. The summed E-state index contributed by atoms with van der Waals surface area (Å²) in [5.74, 6) is -0.444. The second kappa shape index (κ2) is 6.75. The molecule has 0 saturated heterocycles. The second-order valence-electron chi connectivity index (χ2n) is 5.92. The van der Waals surface area contributed by atoms with Crippen LogP contribution < -0.4 is 14.9 Å². The third-order valence-electron chi connectivity index (χ3n) is 4.22. The van der Waals surface area contributed by atoms with Crippen molar-refractivity contribution in [3.05, 3.63) is 75.2 Å². The highest BCUT2D eigenvalue weighted by atomic mass is 16.5. The molecule has 0 atom stereocenters. The molecule has 3 aromatic rings. The van der Waals surface area contributed by atoms with Crippen LogP contribution >= 0.6 is 0 Å². The zero-order valence-corrected chi connectivity index (χ0v) is 14.6. The molecular weight excluding hydrogens is 334 g/mol. The Kier molecular flexibility index (Phi) is 4.49. The van der Waals surface area contributed by atoms with Crippen molar-refractivity contribution < 1.29 is 14.3 Å². The van der Waals surface area contributed by atoms with Crippen LogP contribution in [0.5, 0.6) is 0 Å². The fourth-order valence-electron chi connectivity index (χ4n) is 2.54. The van der Waals surface area contributed by atoms with Crippen LogP contribution in [0.4, 0.5) is 0 Å². The van der Waals surface area contributed by atoms with E-state index >= 15 is 0 Å². The molecular formula is C18H17N5O3. The Morgan fingerprint density at radius 1 is 1.08 bits per heavy atom. The molecule has 0 spiro atoms. The maximum absolute atomic E-state index is 12.7. The van der Waals surface area contributed by atoms with E-state index < -0.39 is 5.91 Å². The lowest BCUT2D eigenvalue weighted by atomic mass is 10.1. The van der Waals surface area contributed by atoms with Crippen molar-refractivity contribution in [3.63, 3.8) is 0 Å². The van der Waals surface area contributed by atoms with Crippen molar-refractivity contribution in [1.82, 2.24) is 10.4 Å². The van der Waals surface area contributed by atoms with E-state index in [-0.39, 0.29) is 16.9 Å². The third kappa shape index (κ3) is 3.04. The molecule has 8 heteroatoms. The smallest absolute Gasteiger partial charge is 0.305 e. The van der Waals surface area contributed by atoms with Crippen molar-refractivity contribution in [2.45, 2.75) is 20.8 Å². The van der Waals surface area contributed by atoms with Crippen LogP contribution in [0, 0.1) is 31.2 Å². The number of carbonyl (C=O) groups is 1. The monoisotopic (exact) mass is 351 g/mol. The van der Waals surface area contributed by atoms with Gasteiger partial charge in [0, 0.05) is 37.0 Å². The molecule has 0 aliphatic heterocycles. The number of rotatable bonds is 3. The first-order valence-corrected chi connectivity index (χ1v) is 7.90. The number of benzene rings is 1. The average molecular weight is 351 g/mol. The molecule has 1 amide bonds. The molecule has 0 unspecified atom stereocenters. The fourth-order valence-corrected chi connectivity index (χ4v) is 2.54. The Bertz CT molecular complexity index is 1030. The number of amides is 1. The molecule has 2 heterocycles. The molecule has 1 aromatic carbocycles. The van der Waals surface area contributed by atoms with E-state index in [1.165, 1.54) is 37.7 Å². The van der Waals surface area contributed by atoms with Gasteiger partial charge in [0.1, 0.15) is 6.21 Å². The highest BCUT2D eigenvalue weighted by molar-refractivity contribution is 5.94. The molecule has 3 rings (SSSR count).